The molecule has 0 unspecified atom stereocenters. The van der Waals surface area contributed by atoms with Gasteiger partial charge in [-0.1, -0.05) is 161 Å². The molecule has 0 aliphatic heterocycles. The summed E-state index contributed by atoms with van der Waals surface area (Å²) < 4.78 is 14.1. The molecular formula is C60H33N5OPd. The van der Waals surface area contributed by atoms with Gasteiger partial charge < -0.3 is 23.3 Å². The summed E-state index contributed by atoms with van der Waals surface area (Å²) in [6, 6.07) is 76.1. The maximum Gasteiger partial charge on any atom is 2.00 e. The van der Waals surface area contributed by atoms with Crippen molar-refractivity contribution in [3.05, 3.63) is 212 Å². The molecule has 0 N–H and O–H groups in total. The van der Waals surface area contributed by atoms with Crippen LogP contribution < -0.4 is 4.74 Å². The molecular weight excluding hydrogens is 913 g/mol. The van der Waals surface area contributed by atoms with Crippen molar-refractivity contribution in [2.45, 2.75) is 0 Å². The number of pyridine rings is 2. The molecule has 0 radical (unpaired) electrons. The first-order valence-corrected chi connectivity index (χ1v) is 22.3. The fourth-order valence-electron chi connectivity index (χ4n) is 11.0. The van der Waals surface area contributed by atoms with E-state index in [9.17, 15) is 0 Å². The Bertz CT molecular complexity index is 4520. The van der Waals surface area contributed by atoms with Gasteiger partial charge in [-0.05, 0) is 76.3 Å². The Hall–Kier alpha value is -8.34. The molecule has 5 heterocycles. The van der Waals surface area contributed by atoms with E-state index in [4.69, 9.17) is 14.7 Å². The van der Waals surface area contributed by atoms with Crippen LogP contribution in [0.25, 0.3) is 126 Å². The van der Waals surface area contributed by atoms with Gasteiger partial charge in [-0.25, -0.2) is 0 Å². The van der Waals surface area contributed by atoms with Crippen LogP contribution in [0.2, 0.25) is 0 Å². The summed E-state index contributed by atoms with van der Waals surface area (Å²) in [6.45, 7) is 0. The summed E-state index contributed by atoms with van der Waals surface area (Å²) in [4.78, 5) is 10.3. The van der Waals surface area contributed by atoms with Gasteiger partial charge in [0.1, 0.15) is 0 Å². The number of para-hydroxylation sites is 6. The van der Waals surface area contributed by atoms with Crippen molar-refractivity contribution in [2.75, 3.05) is 0 Å². The van der Waals surface area contributed by atoms with Crippen LogP contribution in [0.1, 0.15) is 0 Å². The Morgan fingerprint density at radius 1 is 0.388 bits per heavy atom. The van der Waals surface area contributed by atoms with Gasteiger partial charge in [-0.3, -0.25) is 4.98 Å². The topological polar surface area (TPSA) is 49.3 Å². The second-order valence-corrected chi connectivity index (χ2v) is 17.1. The summed E-state index contributed by atoms with van der Waals surface area (Å²) in [7, 11) is 0. The average molecular weight is 946 g/mol. The number of fused-ring (bicyclic) bond motifs is 23. The Kier molecular flexibility index (Phi) is 8.12. The van der Waals surface area contributed by atoms with Crippen molar-refractivity contribution in [3.63, 3.8) is 0 Å². The molecule has 10 aromatic carbocycles. The number of hydrogen-bond donors (Lipinski definition) is 0. The average Bonchev–Trinajstić information content (AvgIpc) is 4.06. The second-order valence-electron chi connectivity index (χ2n) is 17.1. The van der Waals surface area contributed by atoms with Crippen LogP contribution in [0.15, 0.2) is 200 Å². The fraction of sp³-hybridized carbons (Fsp3) is 0. The third kappa shape index (κ3) is 5.24. The number of hydrogen-bond acceptors (Lipinski definition) is 3. The molecule has 0 aliphatic rings. The first-order valence-electron chi connectivity index (χ1n) is 22.3. The molecule has 0 fully saturated rings. The summed E-state index contributed by atoms with van der Waals surface area (Å²) >= 11 is 0. The Morgan fingerprint density at radius 2 is 0.881 bits per heavy atom. The monoisotopic (exact) mass is 945 g/mol. The molecule has 0 saturated heterocycles. The van der Waals surface area contributed by atoms with E-state index in [1.807, 2.05) is 18.3 Å². The van der Waals surface area contributed by atoms with Gasteiger partial charge in [0, 0.05) is 56.1 Å². The fourth-order valence-corrected chi connectivity index (χ4v) is 11.0. The Morgan fingerprint density at radius 3 is 1.54 bits per heavy atom. The molecule has 5 aromatic heterocycles. The van der Waals surface area contributed by atoms with Gasteiger partial charge in [0.2, 0.25) is 0 Å². The molecule has 314 valence electrons. The van der Waals surface area contributed by atoms with Gasteiger partial charge in [-0.15, -0.1) is 17.5 Å². The number of benzene rings is 10. The van der Waals surface area contributed by atoms with Crippen molar-refractivity contribution in [1.29, 1.82) is 0 Å². The quantitative estimate of drug-likeness (QED) is 0.100. The molecule has 7 heteroatoms. The van der Waals surface area contributed by atoms with Crippen LogP contribution in [-0.4, -0.2) is 23.5 Å². The third-order valence-electron chi connectivity index (χ3n) is 13.6. The molecule has 0 bridgehead atoms. The number of aromatic nitrogens is 5. The summed E-state index contributed by atoms with van der Waals surface area (Å²) in [6.07, 6.45) is 1.85. The van der Waals surface area contributed by atoms with Crippen LogP contribution in [0.4, 0.5) is 0 Å². The minimum absolute atomic E-state index is 0. The molecule has 15 rings (SSSR count). The van der Waals surface area contributed by atoms with Crippen LogP contribution in [0.5, 0.6) is 11.5 Å². The van der Waals surface area contributed by atoms with Gasteiger partial charge in [0.15, 0.2) is 0 Å². The van der Waals surface area contributed by atoms with Crippen molar-refractivity contribution in [3.8, 4) is 22.9 Å². The van der Waals surface area contributed by atoms with Crippen LogP contribution >= 0.6 is 0 Å². The zero-order valence-electron chi connectivity index (χ0n) is 35.5. The standard InChI is InChI=1S/C60H33N5O.Pd/c1-3-16-36(17-4-1)63-50-26-12-9-22-45(50)54-57(63)53-43-32-30-39(66-38-29-31-42-40-20-7-8-21-41(40)44-24-15-33-61-56(44)47(42)34-38)35-48(43)60-62-49-25-11-14-28-52(49)65(60)59(53)55-46-23-10-13-27-51(46)64(58(54)55)37-18-5-2-6-19-37;/h1-33H;/q-2;+2. The molecule has 6 nitrogen and oxygen atoms in total. The minimum atomic E-state index is 0. The minimum Gasteiger partial charge on any atom is -0.497 e. The van der Waals surface area contributed by atoms with E-state index in [2.05, 4.69) is 208 Å². The maximum absolute atomic E-state index is 6.81. The summed E-state index contributed by atoms with van der Waals surface area (Å²) in [5, 5.41) is 13.1. The molecule has 0 aliphatic carbocycles. The molecule has 0 amide bonds. The zero-order valence-corrected chi connectivity index (χ0v) is 37.1. The van der Waals surface area contributed by atoms with Crippen LogP contribution in [-0.2, 0) is 20.4 Å². The number of imidazole rings is 1. The second kappa shape index (κ2) is 14.3. The molecule has 67 heavy (non-hydrogen) atoms. The maximum atomic E-state index is 6.81. The van der Waals surface area contributed by atoms with E-state index < -0.39 is 0 Å². The van der Waals surface area contributed by atoms with Crippen LogP contribution in [0.3, 0.4) is 0 Å². The summed E-state index contributed by atoms with van der Waals surface area (Å²) in [5.41, 5.74) is 11.5. The van der Waals surface area contributed by atoms with Crippen molar-refractivity contribution in [1.82, 2.24) is 23.5 Å². The van der Waals surface area contributed by atoms with Gasteiger partial charge >= 0.3 is 20.4 Å². The van der Waals surface area contributed by atoms with E-state index >= 15 is 0 Å². The zero-order chi connectivity index (χ0) is 43.0. The first-order chi connectivity index (χ1) is 32.8. The predicted molar refractivity (Wildman–Crippen MR) is 271 cm³/mol. The number of ether oxygens (including phenoxy) is 1. The van der Waals surface area contributed by atoms with E-state index in [-0.39, 0.29) is 20.4 Å². The van der Waals surface area contributed by atoms with Gasteiger partial charge in [0.05, 0.1) is 38.7 Å². The van der Waals surface area contributed by atoms with E-state index in [0.29, 0.717) is 11.5 Å². The normalized spacial score (nSPS) is 12.1. The van der Waals surface area contributed by atoms with Gasteiger partial charge in [-0.2, -0.15) is 0 Å². The smallest absolute Gasteiger partial charge is 0.497 e. The van der Waals surface area contributed by atoms with Crippen LogP contribution in [0, 0.1) is 12.1 Å². The van der Waals surface area contributed by atoms with E-state index in [1.165, 1.54) is 26.9 Å². The van der Waals surface area contributed by atoms with E-state index in [1.54, 1.807) is 0 Å². The third-order valence-corrected chi connectivity index (χ3v) is 13.6. The Balaban J connectivity index is 0.00000427. The Labute approximate surface area is 396 Å². The number of rotatable bonds is 4. The summed E-state index contributed by atoms with van der Waals surface area (Å²) in [5.74, 6) is 1.17. The predicted octanol–water partition coefficient (Wildman–Crippen LogP) is 15.2. The molecule has 0 spiro atoms. The van der Waals surface area contributed by atoms with E-state index in [0.717, 1.165) is 98.9 Å². The first kappa shape index (κ1) is 38.0. The molecule has 15 aromatic rings. The van der Waals surface area contributed by atoms with Crippen molar-refractivity contribution in [2.24, 2.45) is 0 Å². The molecule has 0 saturated carbocycles. The van der Waals surface area contributed by atoms with Crippen molar-refractivity contribution >= 4 is 114 Å². The van der Waals surface area contributed by atoms with Gasteiger partial charge in [0.25, 0.3) is 0 Å². The largest absolute Gasteiger partial charge is 2.00 e. The SMILES string of the molecule is [Pd+2].[c-]1c(Oc2[c-]c3c(cc2)c2c4c(c5ccccc5n4-c4ccccc4)c4c(c5ccccc5n4-c4ccccc4)c2n2c4ccccc4nc32)ccc2c1c1ncccc1c1ccccc21. The molecule has 0 atom stereocenters. The van der Waals surface area contributed by atoms with Crippen molar-refractivity contribution < 1.29 is 25.2 Å². The number of nitrogens with zero attached hydrogens (tertiary/aromatic N) is 5.